The minimum atomic E-state index is -0.891. The lowest BCUT2D eigenvalue weighted by atomic mass is 9.92. The number of benzene rings is 3. The molecule has 6 nitrogen and oxygen atoms in total. The molecule has 37 heavy (non-hydrogen) atoms. The number of amides is 2. The van der Waals surface area contributed by atoms with Crippen LogP contribution < -0.4 is 10.6 Å². The highest BCUT2D eigenvalue weighted by Crippen LogP contribution is 2.37. The van der Waals surface area contributed by atoms with Gasteiger partial charge >= 0.3 is 5.97 Å². The Morgan fingerprint density at radius 2 is 1.57 bits per heavy atom. The first-order valence-corrected chi connectivity index (χ1v) is 12.8. The van der Waals surface area contributed by atoms with Crippen molar-refractivity contribution in [2.75, 3.05) is 7.11 Å². The Balaban J connectivity index is 1.60. The predicted molar refractivity (Wildman–Crippen MR) is 143 cm³/mol. The monoisotopic (exact) mass is 498 g/mol. The van der Waals surface area contributed by atoms with E-state index in [9.17, 15) is 14.4 Å². The van der Waals surface area contributed by atoms with Crippen LogP contribution >= 0.6 is 0 Å². The SMILES string of the molecule is COC(=O)C[C@@H](CC(C)C)C(=O)NC(C(=O)NCc1ccccc1)c1ccc2c(c1)Cc1ccccc1-2. The van der Waals surface area contributed by atoms with Crippen LogP contribution in [-0.4, -0.2) is 24.9 Å². The number of hydrogen-bond acceptors (Lipinski definition) is 4. The second-order valence-electron chi connectivity index (χ2n) is 10.0. The summed E-state index contributed by atoms with van der Waals surface area (Å²) in [5.74, 6) is -1.46. The Morgan fingerprint density at radius 3 is 2.30 bits per heavy atom. The second-order valence-corrected chi connectivity index (χ2v) is 10.0. The van der Waals surface area contributed by atoms with E-state index in [4.69, 9.17) is 4.74 Å². The van der Waals surface area contributed by atoms with Gasteiger partial charge in [-0.3, -0.25) is 14.4 Å². The van der Waals surface area contributed by atoms with E-state index in [-0.39, 0.29) is 24.2 Å². The Morgan fingerprint density at radius 1 is 0.865 bits per heavy atom. The van der Waals surface area contributed by atoms with Crippen LogP contribution in [0.15, 0.2) is 72.8 Å². The lowest BCUT2D eigenvalue weighted by molar-refractivity contribution is -0.144. The van der Waals surface area contributed by atoms with Gasteiger partial charge in [-0.15, -0.1) is 0 Å². The van der Waals surface area contributed by atoms with Crippen molar-refractivity contribution in [1.82, 2.24) is 10.6 Å². The van der Waals surface area contributed by atoms with Crippen LogP contribution in [-0.2, 0) is 32.1 Å². The molecular weight excluding hydrogens is 464 g/mol. The molecule has 1 aliphatic rings. The van der Waals surface area contributed by atoms with Crippen LogP contribution in [0.25, 0.3) is 11.1 Å². The molecule has 0 aromatic heterocycles. The summed E-state index contributed by atoms with van der Waals surface area (Å²) in [6, 6.07) is 23.0. The van der Waals surface area contributed by atoms with Gasteiger partial charge in [0.2, 0.25) is 11.8 Å². The number of carbonyl (C=O) groups is 3. The Bertz CT molecular complexity index is 1270. The third kappa shape index (κ3) is 6.45. The Hall–Kier alpha value is -3.93. The molecule has 0 bridgehead atoms. The fraction of sp³-hybridized carbons (Fsp3) is 0.323. The van der Waals surface area contributed by atoms with Crippen molar-refractivity contribution < 1.29 is 19.1 Å². The van der Waals surface area contributed by atoms with Gasteiger partial charge in [0.1, 0.15) is 6.04 Å². The smallest absolute Gasteiger partial charge is 0.306 e. The minimum Gasteiger partial charge on any atom is -0.469 e. The zero-order valence-corrected chi connectivity index (χ0v) is 21.6. The lowest BCUT2D eigenvalue weighted by Gasteiger charge is -2.24. The molecule has 0 saturated heterocycles. The van der Waals surface area contributed by atoms with Crippen molar-refractivity contribution in [3.63, 3.8) is 0 Å². The first-order chi connectivity index (χ1) is 17.9. The third-order valence-corrected chi connectivity index (χ3v) is 6.78. The topological polar surface area (TPSA) is 84.5 Å². The quantitative estimate of drug-likeness (QED) is 0.303. The molecule has 2 N–H and O–H groups in total. The van der Waals surface area contributed by atoms with E-state index in [1.807, 2.05) is 74.5 Å². The first kappa shape index (κ1) is 26.1. The van der Waals surface area contributed by atoms with Gasteiger partial charge in [-0.1, -0.05) is 86.6 Å². The number of hydrogen-bond donors (Lipinski definition) is 2. The molecule has 192 valence electrons. The number of fused-ring (bicyclic) bond motifs is 3. The molecule has 4 rings (SSSR count). The third-order valence-electron chi connectivity index (χ3n) is 6.78. The van der Waals surface area contributed by atoms with Crippen LogP contribution in [0.2, 0.25) is 0 Å². The molecule has 0 saturated carbocycles. The van der Waals surface area contributed by atoms with Gasteiger partial charge in [0.05, 0.1) is 13.5 Å². The van der Waals surface area contributed by atoms with E-state index in [0.29, 0.717) is 18.5 Å². The summed E-state index contributed by atoms with van der Waals surface area (Å²) in [6.07, 6.45) is 1.26. The maximum Gasteiger partial charge on any atom is 0.306 e. The molecule has 0 radical (unpaired) electrons. The Kier molecular flexibility index (Phi) is 8.39. The van der Waals surface area contributed by atoms with Crippen LogP contribution in [0.5, 0.6) is 0 Å². The molecule has 1 aliphatic carbocycles. The zero-order chi connectivity index (χ0) is 26.4. The summed E-state index contributed by atoms with van der Waals surface area (Å²) in [4.78, 5) is 38.9. The molecule has 0 aliphatic heterocycles. The summed E-state index contributed by atoms with van der Waals surface area (Å²) < 4.78 is 4.82. The molecule has 6 heteroatoms. The normalized spacial score (nSPS) is 13.3. The van der Waals surface area contributed by atoms with Crippen molar-refractivity contribution in [2.24, 2.45) is 11.8 Å². The number of rotatable bonds is 10. The van der Waals surface area contributed by atoms with Crippen molar-refractivity contribution in [2.45, 2.75) is 45.7 Å². The molecule has 0 fully saturated rings. The van der Waals surface area contributed by atoms with Crippen molar-refractivity contribution in [3.05, 3.63) is 95.1 Å². The summed E-state index contributed by atoms with van der Waals surface area (Å²) in [5, 5.41) is 5.93. The van der Waals surface area contributed by atoms with Gasteiger partial charge in [0, 0.05) is 12.5 Å². The molecule has 3 aromatic rings. The summed E-state index contributed by atoms with van der Waals surface area (Å²) in [7, 11) is 1.31. The van der Waals surface area contributed by atoms with Gasteiger partial charge in [0.25, 0.3) is 0 Å². The number of nitrogens with one attached hydrogen (secondary N) is 2. The largest absolute Gasteiger partial charge is 0.469 e. The second kappa shape index (κ2) is 11.9. The van der Waals surface area contributed by atoms with Gasteiger partial charge in [-0.05, 0) is 52.1 Å². The molecular formula is C31H34N2O4. The highest BCUT2D eigenvalue weighted by Gasteiger charge is 2.30. The standard InChI is InChI=1S/C31H34N2O4/c1-20(2)15-25(18-28(34)37-3)30(35)33-29(31(36)32-19-21-9-5-4-6-10-21)23-13-14-27-24(17-23)16-22-11-7-8-12-26(22)27/h4-14,17,20,25,29H,15-16,18-19H2,1-3H3,(H,32,36)(H,33,35)/t25-,29?/m1/s1. The average Bonchev–Trinajstić information content (AvgIpc) is 3.28. The number of esters is 1. The molecule has 0 heterocycles. The van der Waals surface area contributed by atoms with Crippen molar-refractivity contribution in [1.29, 1.82) is 0 Å². The number of ether oxygens (including phenoxy) is 1. The fourth-order valence-corrected chi connectivity index (χ4v) is 4.93. The highest BCUT2D eigenvalue weighted by molar-refractivity contribution is 5.91. The summed E-state index contributed by atoms with van der Waals surface area (Å²) in [5.41, 5.74) is 6.41. The van der Waals surface area contributed by atoms with Crippen LogP contribution in [0, 0.1) is 11.8 Å². The summed E-state index contributed by atoms with van der Waals surface area (Å²) in [6.45, 7) is 4.35. The number of carbonyl (C=O) groups excluding carboxylic acids is 3. The highest BCUT2D eigenvalue weighted by atomic mass is 16.5. The van der Waals surface area contributed by atoms with Crippen LogP contribution in [0.1, 0.15) is 55.0 Å². The minimum absolute atomic E-state index is 0.0294. The lowest BCUT2D eigenvalue weighted by Crippen LogP contribution is -2.43. The maximum absolute atomic E-state index is 13.5. The van der Waals surface area contributed by atoms with E-state index >= 15 is 0 Å². The van der Waals surface area contributed by atoms with E-state index in [1.54, 1.807) is 0 Å². The van der Waals surface area contributed by atoms with E-state index in [0.717, 1.165) is 23.1 Å². The van der Waals surface area contributed by atoms with Gasteiger partial charge in [0.15, 0.2) is 0 Å². The van der Waals surface area contributed by atoms with E-state index in [1.165, 1.54) is 18.2 Å². The molecule has 0 spiro atoms. The van der Waals surface area contributed by atoms with Gasteiger partial charge in [-0.25, -0.2) is 0 Å². The van der Waals surface area contributed by atoms with E-state index < -0.39 is 17.9 Å². The molecule has 2 amide bonds. The molecule has 1 unspecified atom stereocenters. The average molecular weight is 499 g/mol. The zero-order valence-electron chi connectivity index (χ0n) is 21.6. The molecule has 2 atom stereocenters. The van der Waals surface area contributed by atoms with Gasteiger partial charge in [-0.2, -0.15) is 0 Å². The van der Waals surface area contributed by atoms with Gasteiger partial charge < -0.3 is 15.4 Å². The first-order valence-electron chi connectivity index (χ1n) is 12.8. The number of methoxy groups -OCH3 is 1. The van der Waals surface area contributed by atoms with E-state index in [2.05, 4.69) is 22.8 Å². The van der Waals surface area contributed by atoms with Crippen LogP contribution in [0.3, 0.4) is 0 Å². The Labute approximate surface area is 218 Å². The van der Waals surface area contributed by atoms with Crippen LogP contribution in [0.4, 0.5) is 0 Å². The predicted octanol–water partition coefficient (Wildman–Crippen LogP) is 4.96. The summed E-state index contributed by atoms with van der Waals surface area (Å²) >= 11 is 0. The molecule has 3 aromatic carbocycles. The fourth-order valence-electron chi connectivity index (χ4n) is 4.93. The van der Waals surface area contributed by atoms with Crippen molar-refractivity contribution >= 4 is 17.8 Å². The maximum atomic E-state index is 13.5. The van der Waals surface area contributed by atoms with Crippen molar-refractivity contribution in [3.8, 4) is 11.1 Å².